The molecule has 0 saturated carbocycles. The summed E-state index contributed by atoms with van der Waals surface area (Å²) in [6, 6.07) is 0. The van der Waals surface area contributed by atoms with Gasteiger partial charge in [-0.1, -0.05) is 23.1 Å². The van der Waals surface area contributed by atoms with Crippen LogP contribution in [-0.4, -0.2) is 38.5 Å². The Hall–Kier alpha value is -1.35. The number of carbonyl (C=O) groups is 2. The van der Waals surface area contributed by atoms with E-state index < -0.39 is 17.4 Å². The van der Waals surface area contributed by atoms with Gasteiger partial charge < -0.3 is 16.2 Å². The Labute approximate surface area is 112 Å². The van der Waals surface area contributed by atoms with Gasteiger partial charge in [0.2, 0.25) is 11.0 Å². The number of carboxylic acids is 1. The van der Waals surface area contributed by atoms with Crippen molar-refractivity contribution in [3.63, 3.8) is 0 Å². The zero-order chi connectivity index (χ0) is 13.8. The predicted molar refractivity (Wildman–Crippen MR) is 69.8 cm³/mol. The topological polar surface area (TPSA) is 118 Å². The summed E-state index contributed by atoms with van der Waals surface area (Å²) in [5.41, 5.74) is 4.62. The molecule has 7 nitrogen and oxygen atoms in total. The van der Waals surface area contributed by atoms with E-state index in [4.69, 9.17) is 10.8 Å². The molecule has 9 heteroatoms. The summed E-state index contributed by atoms with van der Waals surface area (Å²) >= 11 is 2.35. The fraction of sp³-hybridized carbons (Fsp3) is 0.556. The minimum absolute atomic E-state index is 0.0562. The van der Waals surface area contributed by atoms with Crippen LogP contribution in [0.4, 0.5) is 5.13 Å². The van der Waals surface area contributed by atoms with Gasteiger partial charge in [0.25, 0.3) is 0 Å². The minimum Gasteiger partial charge on any atom is -0.481 e. The van der Waals surface area contributed by atoms with E-state index in [-0.39, 0.29) is 12.2 Å². The Morgan fingerprint density at radius 3 is 2.72 bits per heavy atom. The lowest BCUT2D eigenvalue weighted by Gasteiger charge is -2.23. The lowest BCUT2D eigenvalue weighted by molar-refractivity contribution is -0.133. The van der Waals surface area contributed by atoms with E-state index in [9.17, 15) is 9.59 Å². The zero-order valence-electron chi connectivity index (χ0n) is 9.97. The smallest absolute Gasteiger partial charge is 0.313 e. The summed E-state index contributed by atoms with van der Waals surface area (Å²) in [7, 11) is 0. The van der Waals surface area contributed by atoms with Crippen molar-refractivity contribution >= 4 is 40.1 Å². The maximum absolute atomic E-state index is 10.9. The predicted octanol–water partition coefficient (Wildman–Crippen LogP) is 0.781. The van der Waals surface area contributed by atoms with Crippen molar-refractivity contribution in [3.8, 4) is 0 Å². The van der Waals surface area contributed by atoms with Crippen LogP contribution in [0.25, 0.3) is 0 Å². The second-order valence-corrected chi connectivity index (χ2v) is 6.41. The molecule has 0 aliphatic heterocycles. The van der Waals surface area contributed by atoms with Crippen LogP contribution in [-0.2, 0) is 9.59 Å². The van der Waals surface area contributed by atoms with Crippen LogP contribution < -0.4 is 11.1 Å². The van der Waals surface area contributed by atoms with Crippen molar-refractivity contribution in [1.82, 2.24) is 10.2 Å². The molecule has 4 N–H and O–H groups in total. The highest BCUT2D eigenvalue weighted by atomic mass is 32.2. The van der Waals surface area contributed by atoms with Gasteiger partial charge in [-0.2, -0.15) is 0 Å². The number of amides is 1. The first-order valence-electron chi connectivity index (χ1n) is 5.03. The molecule has 1 aromatic heterocycles. The number of rotatable bonds is 7. The second-order valence-electron chi connectivity index (χ2n) is 4.21. The van der Waals surface area contributed by atoms with Gasteiger partial charge in [-0.25, -0.2) is 0 Å². The van der Waals surface area contributed by atoms with Crippen LogP contribution in [0.1, 0.15) is 20.3 Å². The van der Waals surface area contributed by atoms with Crippen molar-refractivity contribution in [2.24, 2.45) is 5.73 Å². The average molecular weight is 290 g/mol. The first-order chi connectivity index (χ1) is 8.28. The van der Waals surface area contributed by atoms with Gasteiger partial charge in [0, 0.05) is 12.0 Å². The van der Waals surface area contributed by atoms with Crippen molar-refractivity contribution in [3.05, 3.63) is 0 Å². The molecular weight excluding hydrogens is 276 g/mol. The van der Waals surface area contributed by atoms with Crippen molar-refractivity contribution < 1.29 is 14.7 Å². The normalized spacial score (nSPS) is 11.2. The maximum atomic E-state index is 10.9. The fourth-order valence-corrected chi connectivity index (χ4v) is 2.86. The second kappa shape index (κ2) is 6.01. The molecule has 0 fully saturated rings. The zero-order valence-corrected chi connectivity index (χ0v) is 11.6. The number of aromatic nitrogens is 2. The number of primary amides is 1. The standard InChI is InChI=1S/C9H14N4O3S2/c1-9(2,3-5(10)14)11-7-12-13-8(18-7)17-4-6(15)16/h3-4H2,1-2H3,(H2,10,14)(H,11,12)(H,15,16). The van der Waals surface area contributed by atoms with E-state index in [1.807, 2.05) is 13.8 Å². The largest absolute Gasteiger partial charge is 0.481 e. The van der Waals surface area contributed by atoms with Gasteiger partial charge in [0.05, 0.1) is 5.75 Å². The summed E-state index contributed by atoms with van der Waals surface area (Å²) in [6.45, 7) is 3.65. The minimum atomic E-state index is -0.904. The third-order valence-corrected chi connectivity index (χ3v) is 3.74. The summed E-state index contributed by atoms with van der Waals surface area (Å²) in [6.07, 6.45) is 0.171. The molecule has 1 aromatic rings. The Bertz CT molecular complexity index is 447. The lowest BCUT2D eigenvalue weighted by Crippen LogP contribution is -2.35. The van der Waals surface area contributed by atoms with Crippen LogP contribution in [0.3, 0.4) is 0 Å². The number of thioether (sulfide) groups is 1. The monoisotopic (exact) mass is 290 g/mol. The lowest BCUT2D eigenvalue weighted by atomic mass is 10.0. The molecule has 18 heavy (non-hydrogen) atoms. The number of hydrogen-bond donors (Lipinski definition) is 3. The number of anilines is 1. The number of nitrogens with two attached hydrogens (primary N) is 1. The Balaban J connectivity index is 2.57. The first kappa shape index (κ1) is 14.7. The van der Waals surface area contributed by atoms with Gasteiger partial charge in [-0.15, -0.1) is 10.2 Å². The van der Waals surface area contributed by atoms with Crippen LogP contribution in [0.15, 0.2) is 4.34 Å². The number of carboxylic acid groups (broad SMARTS) is 1. The summed E-state index contributed by atoms with van der Waals surface area (Å²) in [5, 5.41) is 19.8. The van der Waals surface area contributed by atoms with Gasteiger partial charge in [-0.3, -0.25) is 9.59 Å². The molecule has 100 valence electrons. The first-order valence-corrected chi connectivity index (χ1v) is 6.83. The number of carbonyl (C=O) groups excluding carboxylic acids is 1. The summed E-state index contributed by atoms with van der Waals surface area (Å²) in [5.74, 6) is -1.37. The molecule has 0 saturated heterocycles. The van der Waals surface area contributed by atoms with Crippen LogP contribution in [0.5, 0.6) is 0 Å². The van der Waals surface area contributed by atoms with Crippen molar-refractivity contribution in [1.29, 1.82) is 0 Å². The quantitative estimate of drug-likeness (QED) is 0.635. The Kier molecular flexibility index (Phi) is 4.91. The highest BCUT2D eigenvalue weighted by molar-refractivity contribution is 8.01. The molecule has 0 spiro atoms. The third-order valence-electron chi connectivity index (χ3n) is 1.79. The van der Waals surface area contributed by atoms with E-state index in [1.165, 1.54) is 11.3 Å². The highest BCUT2D eigenvalue weighted by Gasteiger charge is 2.22. The Morgan fingerprint density at radius 1 is 1.50 bits per heavy atom. The van der Waals surface area contributed by atoms with E-state index in [0.717, 1.165) is 11.8 Å². The number of nitrogens with zero attached hydrogens (tertiary/aromatic N) is 2. The van der Waals surface area contributed by atoms with Gasteiger partial charge >= 0.3 is 5.97 Å². The number of hydrogen-bond acceptors (Lipinski definition) is 7. The number of aliphatic carboxylic acids is 1. The molecule has 0 radical (unpaired) electrons. The van der Waals surface area contributed by atoms with Crippen molar-refractivity contribution in [2.75, 3.05) is 11.1 Å². The van der Waals surface area contributed by atoms with E-state index in [1.54, 1.807) is 0 Å². The molecule has 1 rings (SSSR count). The molecule has 0 bridgehead atoms. The summed E-state index contributed by atoms with van der Waals surface area (Å²) < 4.78 is 0.565. The maximum Gasteiger partial charge on any atom is 0.313 e. The molecule has 0 aliphatic rings. The van der Waals surface area contributed by atoms with Gasteiger partial charge in [-0.05, 0) is 13.8 Å². The van der Waals surface area contributed by atoms with Crippen LogP contribution >= 0.6 is 23.1 Å². The van der Waals surface area contributed by atoms with Gasteiger partial charge in [0.1, 0.15) is 0 Å². The molecule has 0 atom stereocenters. The fourth-order valence-electron chi connectivity index (χ4n) is 1.21. The third kappa shape index (κ3) is 5.32. The van der Waals surface area contributed by atoms with Crippen molar-refractivity contribution in [2.45, 2.75) is 30.1 Å². The highest BCUT2D eigenvalue weighted by Crippen LogP contribution is 2.27. The van der Waals surface area contributed by atoms with Gasteiger partial charge in [0.15, 0.2) is 4.34 Å². The van der Waals surface area contributed by atoms with E-state index in [0.29, 0.717) is 9.47 Å². The van der Waals surface area contributed by atoms with E-state index >= 15 is 0 Å². The molecule has 0 aromatic carbocycles. The summed E-state index contributed by atoms with van der Waals surface area (Å²) in [4.78, 5) is 21.3. The Morgan fingerprint density at radius 2 is 2.17 bits per heavy atom. The molecule has 0 unspecified atom stereocenters. The van der Waals surface area contributed by atoms with Crippen LogP contribution in [0.2, 0.25) is 0 Å². The molecule has 1 heterocycles. The molecular formula is C9H14N4O3S2. The SMILES string of the molecule is CC(C)(CC(N)=O)Nc1nnc(SCC(=O)O)s1. The molecule has 1 amide bonds. The molecule has 0 aliphatic carbocycles. The number of nitrogens with one attached hydrogen (secondary N) is 1. The average Bonchev–Trinajstić information content (AvgIpc) is 2.59. The van der Waals surface area contributed by atoms with E-state index in [2.05, 4.69) is 15.5 Å². The van der Waals surface area contributed by atoms with Crippen LogP contribution in [0, 0.1) is 0 Å².